The highest BCUT2D eigenvalue weighted by atomic mass is 35.5. The number of hydrogen-bond donors (Lipinski definition) is 2. The molecule has 6 nitrogen and oxygen atoms in total. The van der Waals surface area contributed by atoms with E-state index in [0.29, 0.717) is 34.6 Å². The predicted molar refractivity (Wildman–Crippen MR) is 83.0 cm³/mol. The van der Waals surface area contributed by atoms with E-state index >= 15 is 0 Å². The van der Waals surface area contributed by atoms with Crippen LogP contribution in [0.1, 0.15) is 37.7 Å². The number of aliphatic carboxylic acids is 1. The van der Waals surface area contributed by atoms with Gasteiger partial charge in [-0.3, -0.25) is 14.2 Å². The van der Waals surface area contributed by atoms with Gasteiger partial charge in [0.15, 0.2) is 0 Å². The molecule has 1 atom stereocenters. The van der Waals surface area contributed by atoms with E-state index in [2.05, 4.69) is 4.98 Å². The zero-order chi connectivity index (χ0) is 16.0. The Morgan fingerprint density at radius 1 is 1.50 bits per heavy atom. The van der Waals surface area contributed by atoms with Crippen LogP contribution in [-0.4, -0.2) is 20.6 Å². The van der Waals surface area contributed by atoms with Gasteiger partial charge in [-0.05, 0) is 31.9 Å². The molecule has 1 unspecified atom stereocenters. The van der Waals surface area contributed by atoms with Crippen molar-refractivity contribution in [3.05, 3.63) is 39.4 Å². The van der Waals surface area contributed by atoms with E-state index in [0.717, 1.165) is 0 Å². The molecule has 1 heterocycles. The molecular formula is C15H16ClN3O3. The van der Waals surface area contributed by atoms with Crippen molar-refractivity contribution in [3.8, 4) is 0 Å². The van der Waals surface area contributed by atoms with E-state index in [-0.39, 0.29) is 11.6 Å². The minimum atomic E-state index is -0.835. The maximum absolute atomic E-state index is 12.8. The van der Waals surface area contributed by atoms with Crippen LogP contribution in [0.4, 0.5) is 0 Å². The maximum Gasteiger partial charge on any atom is 0.306 e. The van der Waals surface area contributed by atoms with Gasteiger partial charge >= 0.3 is 5.97 Å². The molecule has 0 aliphatic heterocycles. The van der Waals surface area contributed by atoms with Gasteiger partial charge in [-0.2, -0.15) is 0 Å². The molecule has 1 aliphatic rings. The number of carboxylic acid groups (broad SMARTS) is 1. The molecule has 1 aromatic carbocycles. The summed E-state index contributed by atoms with van der Waals surface area (Å²) in [7, 11) is 0. The minimum Gasteiger partial charge on any atom is -0.481 e. The smallest absolute Gasteiger partial charge is 0.306 e. The number of carbonyl (C=O) groups is 1. The second-order valence-electron chi connectivity index (χ2n) is 5.73. The largest absolute Gasteiger partial charge is 0.481 e. The molecule has 22 heavy (non-hydrogen) atoms. The lowest BCUT2D eigenvalue weighted by atomic mass is 9.80. The van der Waals surface area contributed by atoms with Gasteiger partial charge < -0.3 is 10.8 Å². The third-order valence-electron chi connectivity index (χ3n) is 4.14. The average molecular weight is 322 g/mol. The van der Waals surface area contributed by atoms with E-state index in [1.54, 1.807) is 25.1 Å². The van der Waals surface area contributed by atoms with Crippen LogP contribution in [0, 0.1) is 5.92 Å². The highest BCUT2D eigenvalue weighted by Crippen LogP contribution is 2.38. The Balaban J connectivity index is 2.18. The van der Waals surface area contributed by atoms with Crippen molar-refractivity contribution in [2.75, 3.05) is 0 Å². The summed E-state index contributed by atoms with van der Waals surface area (Å²) in [6.45, 7) is 1.75. The zero-order valence-electron chi connectivity index (χ0n) is 12.0. The minimum absolute atomic E-state index is 0.192. The lowest BCUT2D eigenvalue weighted by Gasteiger charge is -2.35. The molecule has 2 aromatic rings. The fourth-order valence-electron chi connectivity index (χ4n) is 2.89. The van der Waals surface area contributed by atoms with Crippen LogP contribution >= 0.6 is 11.6 Å². The molecule has 1 saturated carbocycles. The molecule has 0 radical (unpaired) electrons. The third-order valence-corrected chi connectivity index (χ3v) is 4.46. The highest BCUT2D eigenvalue weighted by Gasteiger charge is 2.38. The Hall–Kier alpha value is -1.92. The summed E-state index contributed by atoms with van der Waals surface area (Å²) in [4.78, 5) is 28.3. The molecule has 0 amide bonds. The van der Waals surface area contributed by atoms with Crippen LogP contribution < -0.4 is 11.3 Å². The first kappa shape index (κ1) is 15.0. The molecule has 3 rings (SSSR count). The van der Waals surface area contributed by atoms with Crippen LogP contribution in [0.3, 0.4) is 0 Å². The van der Waals surface area contributed by atoms with E-state index in [1.807, 2.05) is 0 Å². The van der Waals surface area contributed by atoms with Gasteiger partial charge in [0.2, 0.25) is 0 Å². The molecule has 116 valence electrons. The summed E-state index contributed by atoms with van der Waals surface area (Å²) in [5.41, 5.74) is 6.21. The van der Waals surface area contributed by atoms with Gasteiger partial charge in [0.25, 0.3) is 5.56 Å². The standard InChI is InChI=1S/C15H16ClN3O3/c1-7(17)13-18-11-4-2-3-10(16)12(11)14(20)19(13)9-5-8(6-9)15(21)22/h2-4,7-9H,5-6,17H2,1H3,(H,21,22). The molecule has 1 fully saturated rings. The number of nitrogens with zero attached hydrogens (tertiary/aromatic N) is 2. The summed E-state index contributed by atoms with van der Waals surface area (Å²) >= 11 is 6.13. The topological polar surface area (TPSA) is 98.2 Å². The number of nitrogens with two attached hydrogens (primary N) is 1. The Kier molecular flexibility index (Phi) is 3.66. The summed E-state index contributed by atoms with van der Waals surface area (Å²) in [6.07, 6.45) is 0.819. The highest BCUT2D eigenvalue weighted by molar-refractivity contribution is 6.35. The van der Waals surface area contributed by atoms with E-state index in [9.17, 15) is 9.59 Å². The zero-order valence-corrected chi connectivity index (χ0v) is 12.7. The summed E-state index contributed by atoms with van der Waals surface area (Å²) in [5, 5.41) is 9.71. The summed E-state index contributed by atoms with van der Waals surface area (Å²) < 4.78 is 1.53. The first-order chi connectivity index (χ1) is 10.4. The SMILES string of the molecule is CC(N)c1nc2cccc(Cl)c2c(=O)n1C1CC(C(=O)O)C1. The Morgan fingerprint density at radius 2 is 2.18 bits per heavy atom. The third kappa shape index (κ3) is 2.28. The monoisotopic (exact) mass is 321 g/mol. The average Bonchev–Trinajstić information content (AvgIpc) is 2.38. The summed E-state index contributed by atoms with van der Waals surface area (Å²) in [5.74, 6) is -0.785. The predicted octanol–water partition coefficient (Wildman–Crippen LogP) is 2.11. The van der Waals surface area contributed by atoms with Crippen molar-refractivity contribution in [3.63, 3.8) is 0 Å². The molecule has 3 N–H and O–H groups in total. The second kappa shape index (κ2) is 5.37. The molecule has 0 saturated heterocycles. The first-order valence-corrected chi connectivity index (χ1v) is 7.47. The van der Waals surface area contributed by atoms with Crippen LogP contribution in [0.25, 0.3) is 10.9 Å². The van der Waals surface area contributed by atoms with Crippen LogP contribution in [0.15, 0.2) is 23.0 Å². The lowest BCUT2D eigenvalue weighted by Crippen LogP contribution is -2.40. The molecule has 1 aliphatic carbocycles. The molecule has 0 spiro atoms. The number of hydrogen-bond acceptors (Lipinski definition) is 4. The van der Waals surface area contributed by atoms with Crippen molar-refractivity contribution in [1.82, 2.24) is 9.55 Å². The van der Waals surface area contributed by atoms with E-state index in [1.165, 1.54) is 4.57 Å². The van der Waals surface area contributed by atoms with Gasteiger partial charge in [-0.25, -0.2) is 4.98 Å². The van der Waals surface area contributed by atoms with Crippen molar-refractivity contribution >= 4 is 28.5 Å². The number of rotatable bonds is 3. The normalized spacial score (nSPS) is 22.3. The van der Waals surface area contributed by atoms with E-state index in [4.69, 9.17) is 22.4 Å². The quantitative estimate of drug-likeness (QED) is 0.902. The first-order valence-electron chi connectivity index (χ1n) is 7.09. The van der Waals surface area contributed by atoms with Gasteiger partial charge in [0.05, 0.1) is 27.9 Å². The van der Waals surface area contributed by atoms with Crippen LogP contribution in [0.2, 0.25) is 5.02 Å². The number of fused-ring (bicyclic) bond motifs is 1. The fourth-order valence-corrected chi connectivity index (χ4v) is 3.14. The molecule has 7 heteroatoms. The van der Waals surface area contributed by atoms with Crippen LogP contribution in [0.5, 0.6) is 0 Å². The van der Waals surface area contributed by atoms with Crippen molar-refractivity contribution in [2.45, 2.75) is 31.8 Å². The number of benzene rings is 1. The van der Waals surface area contributed by atoms with Gasteiger partial charge in [-0.1, -0.05) is 17.7 Å². The number of aromatic nitrogens is 2. The fraction of sp³-hybridized carbons (Fsp3) is 0.400. The number of halogens is 1. The van der Waals surface area contributed by atoms with Crippen molar-refractivity contribution in [2.24, 2.45) is 11.7 Å². The Bertz CT molecular complexity index is 810. The Labute approximate surface area is 131 Å². The van der Waals surface area contributed by atoms with Gasteiger partial charge in [0, 0.05) is 6.04 Å². The Morgan fingerprint density at radius 3 is 2.77 bits per heavy atom. The van der Waals surface area contributed by atoms with E-state index < -0.39 is 17.9 Å². The molecule has 0 bridgehead atoms. The van der Waals surface area contributed by atoms with Crippen molar-refractivity contribution < 1.29 is 9.90 Å². The summed E-state index contributed by atoms with van der Waals surface area (Å²) in [6, 6.07) is 4.47. The van der Waals surface area contributed by atoms with Gasteiger partial charge in [0.1, 0.15) is 5.82 Å². The second-order valence-corrected chi connectivity index (χ2v) is 6.14. The molecular weight excluding hydrogens is 306 g/mol. The van der Waals surface area contributed by atoms with Crippen LogP contribution in [-0.2, 0) is 4.79 Å². The maximum atomic E-state index is 12.8. The van der Waals surface area contributed by atoms with Gasteiger partial charge in [-0.15, -0.1) is 0 Å². The number of carboxylic acids is 1. The molecule has 1 aromatic heterocycles. The van der Waals surface area contributed by atoms with Crippen molar-refractivity contribution in [1.29, 1.82) is 0 Å². The lowest BCUT2D eigenvalue weighted by molar-refractivity contribution is -0.146.